The predicted molar refractivity (Wildman–Crippen MR) is 107 cm³/mol. The third kappa shape index (κ3) is 16.4. The van der Waals surface area contributed by atoms with E-state index in [-0.39, 0.29) is 17.9 Å². The van der Waals surface area contributed by atoms with Crippen molar-refractivity contribution in [3.8, 4) is 0 Å². The van der Waals surface area contributed by atoms with Crippen molar-refractivity contribution >= 4 is 11.9 Å². The van der Waals surface area contributed by atoms with Crippen LogP contribution in [0.15, 0.2) is 0 Å². The molecule has 0 aliphatic rings. The lowest BCUT2D eigenvalue weighted by Crippen LogP contribution is -2.14. The van der Waals surface area contributed by atoms with Crippen molar-refractivity contribution in [1.29, 1.82) is 0 Å². The Hall–Kier alpha value is -1.06. The Morgan fingerprint density at radius 1 is 0.654 bits per heavy atom. The number of hydrogen-bond acceptors (Lipinski definition) is 4. The molecule has 0 heterocycles. The summed E-state index contributed by atoms with van der Waals surface area (Å²) in [7, 11) is 0. The summed E-state index contributed by atoms with van der Waals surface area (Å²) < 4.78 is 9.95. The summed E-state index contributed by atoms with van der Waals surface area (Å²) in [6.45, 7) is 6.65. The van der Waals surface area contributed by atoms with Crippen LogP contribution in [0.2, 0.25) is 0 Å². The Balaban J connectivity index is 3.20. The maximum Gasteiger partial charge on any atom is 0.308 e. The second-order valence-corrected chi connectivity index (χ2v) is 7.24. The van der Waals surface area contributed by atoms with Gasteiger partial charge in [0.1, 0.15) is 0 Å². The van der Waals surface area contributed by atoms with E-state index in [4.69, 9.17) is 9.47 Å². The van der Waals surface area contributed by atoms with Crippen molar-refractivity contribution in [1.82, 2.24) is 0 Å². The zero-order chi connectivity index (χ0) is 19.5. The van der Waals surface area contributed by atoms with E-state index in [1.807, 2.05) is 20.8 Å². The van der Waals surface area contributed by atoms with E-state index < -0.39 is 0 Å². The Kier molecular flexibility index (Phi) is 18.0. The number of rotatable bonds is 18. The molecule has 4 heteroatoms. The molecule has 0 aliphatic carbocycles. The quantitative estimate of drug-likeness (QED) is 0.212. The molecular weight excluding hydrogens is 328 g/mol. The molecule has 0 bridgehead atoms. The first kappa shape index (κ1) is 24.9. The summed E-state index contributed by atoms with van der Waals surface area (Å²) in [5.74, 6) is -0.0523. The third-order valence-electron chi connectivity index (χ3n) is 4.76. The molecule has 4 nitrogen and oxygen atoms in total. The molecule has 0 aromatic heterocycles. The molecule has 1 unspecified atom stereocenters. The van der Waals surface area contributed by atoms with Crippen LogP contribution in [0, 0.1) is 5.92 Å². The van der Waals surface area contributed by atoms with Gasteiger partial charge < -0.3 is 9.47 Å². The number of unbranched alkanes of at least 4 members (excludes halogenated alkanes) is 11. The fourth-order valence-electron chi connectivity index (χ4n) is 3.12. The van der Waals surface area contributed by atoms with Gasteiger partial charge in [0.05, 0.1) is 19.1 Å². The van der Waals surface area contributed by atoms with Crippen molar-refractivity contribution in [2.24, 2.45) is 5.92 Å². The first-order valence-electron chi connectivity index (χ1n) is 10.9. The van der Waals surface area contributed by atoms with E-state index in [9.17, 15) is 9.59 Å². The minimum Gasteiger partial charge on any atom is -0.466 e. The van der Waals surface area contributed by atoms with Gasteiger partial charge in [-0.1, -0.05) is 77.6 Å². The van der Waals surface area contributed by atoms with Gasteiger partial charge in [0.25, 0.3) is 0 Å². The standard InChI is InChI=1S/C22H42O4/c1-4-25-21(23)19-17-15-13-11-9-7-6-8-10-12-14-16-18-20(3)22(24)26-5-2/h20H,4-19H2,1-3H3. The topological polar surface area (TPSA) is 52.6 Å². The van der Waals surface area contributed by atoms with Gasteiger partial charge in [-0.25, -0.2) is 0 Å². The molecular formula is C22H42O4. The van der Waals surface area contributed by atoms with Crippen molar-refractivity contribution in [2.45, 2.75) is 111 Å². The second-order valence-electron chi connectivity index (χ2n) is 7.24. The van der Waals surface area contributed by atoms with Gasteiger partial charge in [0, 0.05) is 6.42 Å². The number of ether oxygens (including phenoxy) is 2. The summed E-state index contributed by atoms with van der Waals surface area (Å²) in [6, 6.07) is 0. The molecule has 26 heavy (non-hydrogen) atoms. The zero-order valence-corrected chi connectivity index (χ0v) is 17.5. The minimum absolute atomic E-state index is 0.0478. The highest BCUT2D eigenvalue weighted by molar-refractivity contribution is 5.71. The Bertz CT molecular complexity index is 341. The molecule has 154 valence electrons. The molecule has 0 aromatic carbocycles. The van der Waals surface area contributed by atoms with Crippen LogP contribution in [0.1, 0.15) is 111 Å². The van der Waals surface area contributed by atoms with Gasteiger partial charge in [0.2, 0.25) is 0 Å². The smallest absolute Gasteiger partial charge is 0.308 e. The highest BCUT2D eigenvalue weighted by Crippen LogP contribution is 2.15. The van der Waals surface area contributed by atoms with Crippen LogP contribution in [-0.2, 0) is 19.1 Å². The van der Waals surface area contributed by atoms with Crippen LogP contribution in [0.25, 0.3) is 0 Å². The largest absolute Gasteiger partial charge is 0.466 e. The van der Waals surface area contributed by atoms with E-state index in [0.717, 1.165) is 25.7 Å². The maximum absolute atomic E-state index is 11.5. The Morgan fingerprint density at radius 3 is 1.54 bits per heavy atom. The lowest BCUT2D eigenvalue weighted by atomic mass is 10.0. The number of carbonyl (C=O) groups excluding carboxylic acids is 2. The lowest BCUT2D eigenvalue weighted by molar-refractivity contribution is -0.147. The van der Waals surface area contributed by atoms with Crippen LogP contribution < -0.4 is 0 Å². The van der Waals surface area contributed by atoms with Crippen LogP contribution in [0.3, 0.4) is 0 Å². The average Bonchev–Trinajstić information content (AvgIpc) is 2.62. The van der Waals surface area contributed by atoms with Gasteiger partial charge in [-0.15, -0.1) is 0 Å². The first-order valence-corrected chi connectivity index (χ1v) is 10.9. The van der Waals surface area contributed by atoms with Gasteiger partial charge >= 0.3 is 11.9 Å². The van der Waals surface area contributed by atoms with E-state index >= 15 is 0 Å². The van der Waals surface area contributed by atoms with Crippen LogP contribution in [0.5, 0.6) is 0 Å². The molecule has 0 radical (unpaired) electrons. The molecule has 0 fully saturated rings. The van der Waals surface area contributed by atoms with Crippen molar-refractivity contribution in [2.75, 3.05) is 13.2 Å². The number of carbonyl (C=O) groups is 2. The fraction of sp³-hybridized carbons (Fsp3) is 0.909. The molecule has 0 saturated carbocycles. The average molecular weight is 371 g/mol. The van der Waals surface area contributed by atoms with Crippen molar-refractivity contribution in [3.05, 3.63) is 0 Å². The summed E-state index contributed by atoms with van der Waals surface area (Å²) in [4.78, 5) is 22.7. The minimum atomic E-state index is -0.0529. The maximum atomic E-state index is 11.5. The van der Waals surface area contributed by atoms with E-state index in [1.165, 1.54) is 57.8 Å². The normalized spacial score (nSPS) is 12.0. The van der Waals surface area contributed by atoms with E-state index in [2.05, 4.69) is 0 Å². The molecule has 0 aromatic rings. The van der Waals surface area contributed by atoms with Gasteiger partial charge in [-0.2, -0.15) is 0 Å². The molecule has 0 saturated heterocycles. The highest BCUT2D eigenvalue weighted by Gasteiger charge is 2.12. The highest BCUT2D eigenvalue weighted by atomic mass is 16.5. The fourth-order valence-corrected chi connectivity index (χ4v) is 3.12. The lowest BCUT2D eigenvalue weighted by Gasteiger charge is -2.09. The van der Waals surface area contributed by atoms with Crippen LogP contribution in [0.4, 0.5) is 0 Å². The second kappa shape index (κ2) is 18.7. The summed E-state index contributed by atoms with van der Waals surface area (Å²) >= 11 is 0. The number of hydrogen-bond donors (Lipinski definition) is 0. The van der Waals surface area contributed by atoms with Crippen LogP contribution >= 0.6 is 0 Å². The molecule has 0 N–H and O–H groups in total. The van der Waals surface area contributed by atoms with Crippen molar-refractivity contribution < 1.29 is 19.1 Å². The summed E-state index contributed by atoms with van der Waals surface area (Å²) in [5, 5.41) is 0. The molecule has 0 rings (SSSR count). The van der Waals surface area contributed by atoms with Gasteiger partial charge in [-0.05, 0) is 26.7 Å². The zero-order valence-electron chi connectivity index (χ0n) is 17.5. The molecule has 0 spiro atoms. The predicted octanol–water partition coefficient (Wildman–Crippen LogP) is 6.21. The molecule has 0 amide bonds. The monoisotopic (exact) mass is 370 g/mol. The number of esters is 2. The van der Waals surface area contributed by atoms with E-state index in [1.54, 1.807) is 0 Å². The van der Waals surface area contributed by atoms with Gasteiger partial charge in [0.15, 0.2) is 0 Å². The van der Waals surface area contributed by atoms with E-state index in [0.29, 0.717) is 19.6 Å². The van der Waals surface area contributed by atoms with Crippen LogP contribution in [-0.4, -0.2) is 25.2 Å². The Labute approximate surface area is 161 Å². The first-order chi connectivity index (χ1) is 12.6. The SMILES string of the molecule is CCOC(=O)CCCCCCCCCCCCCCC(C)C(=O)OCC. The van der Waals surface area contributed by atoms with Gasteiger partial charge in [-0.3, -0.25) is 9.59 Å². The molecule has 1 atom stereocenters. The molecule has 0 aliphatic heterocycles. The third-order valence-corrected chi connectivity index (χ3v) is 4.76. The summed E-state index contributed by atoms with van der Waals surface area (Å²) in [5.41, 5.74) is 0. The summed E-state index contributed by atoms with van der Waals surface area (Å²) in [6.07, 6.45) is 16.4. The Morgan fingerprint density at radius 2 is 1.08 bits per heavy atom. The van der Waals surface area contributed by atoms with Crippen molar-refractivity contribution in [3.63, 3.8) is 0 Å².